The summed E-state index contributed by atoms with van der Waals surface area (Å²) in [7, 11) is 0. The number of nitrogens with zero attached hydrogens (tertiary/aromatic N) is 4. The van der Waals surface area contributed by atoms with Crippen molar-refractivity contribution in [3.8, 4) is 73.2 Å². The highest BCUT2D eigenvalue weighted by atomic mass is 19.4. The number of hydrogen-bond donors (Lipinski definition) is 0. The van der Waals surface area contributed by atoms with Crippen molar-refractivity contribution in [1.82, 2.24) is 19.5 Å². The second-order valence-electron chi connectivity index (χ2n) is 14.4. The summed E-state index contributed by atoms with van der Waals surface area (Å²) in [5, 5.41) is 2.14. The zero-order chi connectivity index (χ0) is 39.9. The van der Waals surface area contributed by atoms with E-state index >= 15 is 0 Å². The maximum atomic E-state index is 14.2. The SMILES string of the molecule is FC(F)(F)c1cccc(-c2ccc(-n3c4ccc(-c5ccccc5)cc4c4cc(-c5ccccc5)ccc43)cc2-c2nc(-c3ccccc3)nc(-c3ccccc3)n2)c1. The molecule has 7 heteroatoms. The van der Waals surface area contributed by atoms with E-state index in [1.807, 2.05) is 115 Å². The van der Waals surface area contributed by atoms with Gasteiger partial charge in [-0.15, -0.1) is 0 Å². The summed E-state index contributed by atoms with van der Waals surface area (Å²) < 4.78 is 44.7. The first-order valence-corrected chi connectivity index (χ1v) is 19.3. The maximum absolute atomic E-state index is 14.2. The van der Waals surface area contributed by atoms with Gasteiger partial charge in [0.2, 0.25) is 0 Å². The average molecular weight is 771 g/mol. The lowest BCUT2D eigenvalue weighted by molar-refractivity contribution is -0.137. The molecular formula is C52H33F3N4. The quantitative estimate of drug-likeness (QED) is 0.162. The number of alkyl halides is 3. The predicted octanol–water partition coefficient (Wildman–Crippen LogP) is 14.0. The van der Waals surface area contributed by atoms with Crippen LogP contribution in [0, 0.1) is 0 Å². The van der Waals surface area contributed by atoms with Crippen LogP contribution in [0.2, 0.25) is 0 Å². The molecule has 0 atom stereocenters. The Morgan fingerprint density at radius 2 is 0.797 bits per heavy atom. The molecule has 0 aliphatic rings. The van der Waals surface area contributed by atoms with Gasteiger partial charge >= 0.3 is 6.18 Å². The molecule has 10 rings (SSSR count). The first-order chi connectivity index (χ1) is 28.9. The number of halogens is 3. The lowest BCUT2D eigenvalue weighted by Crippen LogP contribution is -2.05. The number of aromatic nitrogens is 4. The summed E-state index contributed by atoms with van der Waals surface area (Å²) in [6.07, 6.45) is -4.52. The van der Waals surface area contributed by atoms with E-state index in [4.69, 9.17) is 15.0 Å². The molecule has 2 aromatic heterocycles. The standard InChI is InChI=1S/C52H33F3N4/c53-52(54,55)41-23-13-22-40(30-41)43-27-26-42(33-46(43)51-57-49(36-18-9-3-10-19-36)56-50(58-51)37-20-11-4-12-21-37)59-47-28-24-38(34-14-5-1-6-15-34)31-44(47)45-32-39(25-29-48(45)59)35-16-7-2-8-17-35/h1-33H. The Hall–Kier alpha value is -7.64. The monoisotopic (exact) mass is 770 g/mol. The third kappa shape index (κ3) is 6.83. The van der Waals surface area contributed by atoms with Gasteiger partial charge in [0.05, 0.1) is 16.6 Å². The molecule has 0 aliphatic heterocycles. The van der Waals surface area contributed by atoms with E-state index in [0.29, 0.717) is 34.2 Å². The van der Waals surface area contributed by atoms with Gasteiger partial charge in [-0.25, -0.2) is 15.0 Å². The fourth-order valence-electron chi connectivity index (χ4n) is 7.82. The van der Waals surface area contributed by atoms with E-state index in [2.05, 4.69) is 65.2 Å². The van der Waals surface area contributed by atoms with Crippen molar-refractivity contribution in [2.45, 2.75) is 6.18 Å². The fourth-order valence-corrected chi connectivity index (χ4v) is 7.82. The van der Waals surface area contributed by atoms with Crippen LogP contribution >= 0.6 is 0 Å². The molecule has 59 heavy (non-hydrogen) atoms. The molecule has 0 aliphatic carbocycles. The average Bonchev–Trinajstić information content (AvgIpc) is 3.62. The van der Waals surface area contributed by atoms with Crippen molar-refractivity contribution in [3.05, 3.63) is 206 Å². The maximum Gasteiger partial charge on any atom is 0.416 e. The molecule has 282 valence electrons. The number of benzene rings is 8. The highest BCUT2D eigenvalue weighted by Gasteiger charge is 2.31. The van der Waals surface area contributed by atoms with E-state index in [1.54, 1.807) is 6.07 Å². The zero-order valence-electron chi connectivity index (χ0n) is 31.5. The summed E-state index contributed by atoms with van der Waals surface area (Å²) in [4.78, 5) is 15.0. The van der Waals surface area contributed by atoms with Crippen molar-refractivity contribution in [2.24, 2.45) is 0 Å². The van der Waals surface area contributed by atoms with Crippen molar-refractivity contribution in [1.29, 1.82) is 0 Å². The van der Waals surface area contributed by atoms with Crippen molar-refractivity contribution in [2.75, 3.05) is 0 Å². The lowest BCUT2D eigenvalue weighted by Gasteiger charge is -2.16. The molecule has 0 amide bonds. The molecule has 0 bridgehead atoms. The van der Waals surface area contributed by atoms with Gasteiger partial charge in [-0.3, -0.25) is 0 Å². The molecular weight excluding hydrogens is 738 g/mol. The summed E-state index contributed by atoms with van der Waals surface area (Å²) in [6.45, 7) is 0. The Morgan fingerprint density at radius 3 is 1.29 bits per heavy atom. The molecule has 0 saturated carbocycles. The van der Waals surface area contributed by atoms with Crippen LogP contribution in [-0.2, 0) is 6.18 Å². The van der Waals surface area contributed by atoms with E-state index < -0.39 is 11.7 Å². The molecule has 0 spiro atoms. The van der Waals surface area contributed by atoms with Crippen LogP contribution in [0.4, 0.5) is 13.2 Å². The van der Waals surface area contributed by atoms with Gasteiger partial charge in [0, 0.05) is 33.2 Å². The van der Waals surface area contributed by atoms with Gasteiger partial charge in [0.25, 0.3) is 0 Å². The van der Waals surface area contributed by atoms with Crippen LogP contribution in [0.15, 0.2) is 200 Å². The van der Waals surface area contributed by atoms with Crippen molar-refractivity contribution >= 4 is 21.8 Å². The predicted molar refractivity (Wildman–Crippen MR) is 232 cm³/mol. The van der Waals surface area contributed by atoms with Gasteiger partial charge in [-0.05, 0) is 81.9 Å². The number of fused-ring (bicyclic) bond motifs is 3. The van der Waals surface area contributed by atoms with Crippen LogP contribution in [0.3, 0.4) is 0 Å². The summed E-state index contributed by atoms with van der Waals surface area (Å²) in [5.41, 5.74) is 9.53. The molecule has 0 saturated heterocycles. The Labute approximate surface area is 338 Å². The zero-order valence-corrected chi connectivity index (χ0v) is 31.5. The number of hydrogen-bond acceptors (Lipinski definition) is 3. The van der Waals surface area contributed by atoms with Crippen LogP contribution in [0.5, 0.6) is 0 Å². The van der Waals surface area contributed by atoms with Crippen LogP contribution < -0.4 is 0 Å². The molecule has 2 heterocycles. The Bertz CT molecular complexity index is 2970. The van der Waals surface area contributed by atoms with Gasteiger partial charge in [-0.2, -0.15) is 13.2 Å². The molecule has 10 aromatic rings. The van der Waals surface area contributed by atoms with Crippen LogP contribution in [0.1, 0.15) is 5.56 Å². The second-order valence-corrected chi connectivity index (χ2v) is 14.4. The van der Waals surface area contributed by atoms with E-state index in [0.717, 1.165) is 66.9 Å². The minimum atomic E-state index is -4.52. The molecule has 4 nitrogen and oxygen atoms in total. The third-order valence-corrected chi connectivity index (χ3v) is 10.7. The molecule has 8 aromatic carbocycles. The lowest BCUT2D eigenvalue weighted by atomic mass is 9.96. The van der Waals surface area contributed by atoms with Gasteiger partial charge in [0.1, 0.15) is 0 Å². The molecule has 0 N–H and O–H groups in total. The minimum Gasteiger partial charge on any atom is -0.309 e. The minimum absolute atomic E-state index is 0.338. The van der Waals surface area contributed by atoms with Gasteiger partial charge in [0.15, 0.2) is 17.5 Å². The Morgan fingerprint density at radius 1 is 0.339 bits per heavy atom. The fraction of sp³-hybridized carbons (Fsp3) is 0.0192. The van der Waals surface area contributed by atoms with Gasteiger partial charge in [-0.1, -0.05) is 152 Å². The smallest absolute Gasteiger partial charge is 0.309 e. The van der Waals surface area contributed by atoms with Crippen LogP contribution in [-0.4, -0.2) is 19.5 Å². The van der Waals surface area contributed by atoms with Gasteiger partial charge < -0.3 is 4.57 Å². The highest BCUT2D eigenvalue weighted by molar-refractivity contribution is 6.11. The summed E-state index contributed by atoms with van der Waals surface area (Å²) >= 11 is 0. The molecule has 0 fully saturated rings. The number of rotatable bonds is 7. The van der Waals surface area contributed by atoms with Crippen molar-refractivity contribution in [3.63, 3.8) is 0 Å². The largest absolute Gasteiger partial charge is 0.416 e. The summed E-state index contributed by atoms with van der Waals surface area (Å²) in [6, 6.07) is 64.2. The second kappa shape index (κ2) is 14.7. The topological polar surface area (TPSA) is 43.6 Å². The highest BCUT2D eigenvalue weighted by Crippen LogP contribution is 2.41. The van der Waals surface area contributed by atoms with Crippen molar-refractivity contribution < 1.29 is 13.2 Å². The first kappa shape index (κ1) is 35.8. The summed E-state index contributed by atoms with van der Waals surface area (Å²) in [5.74, 6) is 1.24. The molecule has 0 radical (unpaired) electrons. The Balaban J connectivity index is 1.25. The first-order valence-electron chi connectivity index (χ1n) is 19.3. The van der Waals surface area contributed by atoms with Crippen LogP contribution in [0.25, 0.3) is 95.0 Å². The Kier molecular flexibility index (Phi) is 8.91. The molecule has 0 unspecified atom stereocenters. The van der Waals surface area contributed by atoms with E-state index in [-0.39, 0.29) is 0 Å². The third-order valence-electron chi connectivity index (χ3n) is 10.7. The van der Waals surface area contributed by atoms with E-state index in [1.165, 1.54) is 12.1 Å². The normalized spacial score (nSPS) is 11.6. The van der Waals surface area contributed by atoms with E-state index in [9.17, 15) is 13.2 Å².